The number of carbonyl (C=O) groups is 4. The lowest BCUT2D eigenvalue weighted by molar-refractivity contribution is -0.143. The van der Waals surface area contributed by atoms with Crippen molar-refractivity contribution < 1.29 is 34.1 Å². The summed E-state index contributed by atoms with van der Waals surface area (Å²) in [5.74, 6) is -2.62. The number of anilines is 1. The molecule has 2 atom stereocenters. The zero-order valence-electron chi connectivity index (χ0n) is 20.7. The lowest BCUT2D eigenvalue weighted by atomic mass is 10.1. The Hall–Kier alpha value is -3.76. The fourth-order valence-corrected chi connectivity index (χ4v) is 3.44. The summed E-state index contributed by atoms with van der Waals surface area (Å²) in [6, 6.07) is 12.5. The summed E-state index contributed by atoms with van der Waals surface area (Å²) in [4.78, 5) is 50.7. The van der Waals surface area contributed by atoms with E-state index in [1.807, 2.05) is 13.8 Å². The normalized spacial score (nSPS) is 12.2. The SMILES string of the molecule is CCCN(CCC)C(=O)c1cccc(NC(=O)[C@H](O)[C@@H](O)C(=O)NCc2ccc(C(=O)OC)cc2)c1. The van der Waals surface area contributed by atoms with Gasteiger partial charge in [-0.3, -0.25) is 14.4 Å². The quantitative estimate of drug-likeness (QED) is 0.325. The van der Waals surface area contributed by atoms with Crippen LogP contribution in [0, 0.1) is 0 Å². The van der Waals surface area contributed by atoms with E-state index in [1.54, 1.807) is 29.2 Å². The van der Waals surface area contributed by atoms with Crippen LogP contribution in [0.3, 0.4) is 0 Å². The van der Waals surface area contributed by atoms with E-state index < -0.39 is 30.0 Å². The molecule has 0 radical (unpaired) electrons. The first-order valence-electron chi connectivity index (χ1n) is 11.7. The van der Waals surface area contributed by atoms with Crippen molar-refractivity contribution in [3.63, 3.8) is 0 Å². The molecule has 10 heteroatoms. The number of esters is 1. The molecule has 36 heavy (non-hydrogen) atoms. The molecule has 0 aliphatic carbocycles. The summed E-state index contributed by atoms with van der Waals surface area (Å²) >= 11 is 0. The third kappa shape index (κ3) is 7.89. The van der Waals surface area contributed by atoms with Crippen LogP contribution in [-0.4, -0.2) is 71.2 Å². The molecule has 0 aromatic heterocycles. The number of hydrogen-bond donors (Lipinski definition) is 4. The molecule has 3 amide bonds. The van der Waals surface area contributed by atoms with E-state index in [-0.39, 0.29) is 18.1 Å². The van der Waals surface area contributed by atoms with Crippen molar-refractivity contribution >= 4 is 29.4 Å². The molecular formula is C26H33N3O7. The van der Waals surface area contributed by atoms with E-state index >= 15 is 0 Å². The Bertz CT molecular complexity index is 1050. The minimum absolute atomic E-state index is 0.00185. The first-order valence-corrected chi connectivity index (χ1v) is 11.7. The summed E-state index contributed by atoms with van der Waals surface area (Å²) < 4.78 is 4.62. The van der Waals surface area contributed by atoms with Gasteiger partial charge in [0.25, 0.3) is 17.7 Å². The standard InChI is InChI=1S/C26H33N3O7/c1-4-13-29(14-5-2)25(34)19-7-6-8-20(15-19)28-24(33)22(31)21(30)23(32)27-16-17-9-11-18(12-10-17)26(35)36-3/h6-12,15,21-22,30-31H,4-5,13-14,16H2,1-3H3,(H,27,32)(H,28,33)/t21-,22-/m1/s1. The number of aliphatic hydroxyl groups is 2. The molecule has 10 nitrogen and oxygen atoms in total. The Kier molecular flexibility index (Phi) is 11.0. The van der Waals surface area contributed by atoms with E-state index in [1.165, 1.54) is 31.4 Å². The Morgan fingerprint density at radius 3 is 2.08 bits per heavy atom. The highest BCUT2D eigenvalue weighted by Crippen LogP contribution is 2.15. The van der Waals surface area contributed by atoms with Crippen molar-refractivity contribution in [1.29, 1.82) is 0 Å². The van der Waals surface area contributed by atoms with Crippen molar-refractivity contribution in [2.45, 2.75) is 45.4 Å². The van der Waals surface area contributed by atoms with Crippen LogP contribution in [-0.2, 0) is 20.9 Å². The predicted molar refractivity (Wildman–Crippen MR) is 133 cm³/mol. The summed E-state index contributed by atoms with van der Waals surface area (Å²) in [6.45, 7) is 5.19. The van der Waals surface area contributed by atoms with Gasteiger partial charge in [-0.1, -0.05) is 32.0 Å². The number of amides is 3. The Labute approximate surface area is 210 Å². The van der Waals surface area contributed by atoms with Crippen molar-refractivity contribution in [2.75, 3.05) is 25.5 Å². The highest BCUT2D eigenvalue weighted by atomic mass is 16.5. The number of carbonyl (C=O) groups excluding carboxylic acids is 4. The Morgan fingerprint density at radius 1 is 0.889 bits per heavy atom. The fourth-order valence-electron chi connectivity index (χ4n) is 3.44. The average Bonchev–Trinajstić information content (AvgIpc) is 2.90. The van der Waals surface area contributed by atoms with Crippen LogP contribution in [0.4, 0.5) is 5.69 Å². The Balaban J connectivity index is 1.96. The molecule has 0 fully saturated rings. The highest BCUT2D eigenvalue weighted by Gasteiger charge is 2.30. The number of nitrogens with zero attached hydrogens (tertiary/aromatic N) is 1. The van der Waals surface area contributed by atoms with E-state index in [4.69, 9.17) is 0 Å². The molecule has 0 aliphatic heterocycles. The zero-order valence-corrected chi connectivity index (χ0v) is 20.7. The number of rotatable bonds is 12. The van der Waals surface area contributed by atoms with Crippen LogP contribution < -0.4 is 10.6 Å². The van der Waals surface area contributed by atoms with E-state index in [0.717, 1.165) is 12.8 Å². The molecule has 0 spiro atoms. The first kappa shape index (κ1) is 28.5. The lowest BCUT2D eigenvalue weighted by Gasteiger charge is -2.22. The van der Waals surface area contributed by atoms with Gasteiger partial charge in [0, 0.05) is 30.9 Å². The number of ether oxygens (including phenoxy) is 1. The topological polar surface area (TPSA) is 145 Å². The van der Waals surface area contributed by atoms with Crippen molar-refractivity contribution in [3.8, 4) is 0 Å². The smallest absolute Gasteiger partial charge is 0.337 e. The van der Waals surface area contributed by atoms with Crippen LogP contribution >= 0.6 is 0 Å². The molecule has 0 aliphatic rings. The third-order valence-corrected chi connectivity index (χ3v) is 5.33. The monoisotopic (exact) mass is 499 g/mol. The molecule has 2 aromatic carbocycles. The second-order valence-corrected chi connectivity index (χ2v) is 8.16. The maximum Gasteiger partial charge on any atom is 0.337 e. The van der Waals surface area contributed by atoms with E-state index in [9.17, 15) is 29.4 Å². The molecule has 194 valence electrons. The van der Waals surface area contributed by atoms with Gasteiger partial charge in [0.15, 0.2) is 12.2 Å². The molecular weight excluding hydrogens is 466 g/mol. The summed E-state index contributed by atoms with van der Waals surface area (Å²) in [5.41, 5.74) is 1.59. The maximum atomic E-state index is 12.8. The van der Waals surface area contributed by atoms with Gasteiger partial charge in [-0.2, -0.15) is 0 Å². The second kappa shape index (κ2) is 14.0. The molecule has 4 N–H and O–H groups in total. The van der Waals surface area contributed by atoms with Crippen LogP contribution in [0.15, 0.2) is 48.5 Å². The van der Waals surface area contributed by atoms with Gasteiger partial charge in [-0.25, -0.2) is 4.79 Å². The number of nitrogens with one attached hydrogen (secondary N) is 2. The molecule has 0 saturated carbocycles. The van der Waals surface area contributed by atoms with Gasteiger partial charge in [-0.15, -0.1) is 0 Å². The summed E-state index contributed by atoms with van der Waals surface area (Å²) in [7, 11) is 1.27. The van der Waals surface area contributed by atoms with Gasteiger partial charge in [-0.05, 0) is 48.7 Å². The summed E-state index contributed by atoms with van der Waals surface area (Å²) in [5, 5.41) is 25.2. The van der Waals surface area contributed by atoms with Crippen molar-refractivity contribution in [2.24, 2.45) is 0 Å². The maximum absolute atomic E-state index is 12.8. The average molecular weight is 500 g/mol. The van der Waals surface area contributed by atoms with Crippen LogP contribution in [0.5, 0.6) is 0 Å². The fraction of sp³-hybridized carbons (Fsp3) is 0.385. The van der Waals surface area contributed by atoms with Gasteiger partial charge in [0.1, 0.15) is 0 Å². The minimum atomic E-state index is -2.04. The van der Waals surface area contributed by atoms with Gasteiger partial charge >= 0.3 is 5.97 Å². The van der Waals surface area contributed by atoms with Gasteiger partial charge in [0.2, 0.25) is 0 Å². The van der Waals surface area contributed by atoms with Crippen molar-refractivity contribution in [3.05, 3.63) is 65.2 Å². The second-order valence-electron chi connectivity index (χ2n) is 8.16. The largest absolute Gasteiger partial charge is 0.465 e. The molecule has 0 bridgehead atoms. The van der Waals surface area contributed by atoms with E-state index in [0.29, 0.717) is 29.8 Å². The van der Waals surface area contributed by atoms with Crippen LogP contribution in [0.2, 0.25) is 0 Å². The summed E-state index contributed by atoms with van der Waals surface area (Å²) in [6.07, 6.45) is -2.43. The van der Waals surface area contributed by atoms with Gasteiger partial charge in [0.05, 0.1) is 12.7 Å². The Morgan fingerprint density at radius 2 is 1.50 bits per heavy atom. The molecule has 0 saturated heterocycles. The number of aliphatic hydroxyl groups excluding tert-OH is 2. The molecule has 2 aromatic rings. The number of hydrogen-bond acceptors (Lipinski definition) is 7. The van der Waals surface area contributed by atoms with Crippen molar-refractivity contribution in [1.82, 2.24) is 10.2 Å². The molecule has 2 rings (SSSR count). The molecule has 0 heterocycles. The third-order valence-electron chi connectivity index (χ3n) is 5.33. The van der Waals surface area contributed by atoms with Crippen LogP contribution in [0.1, 0.15) is 53.0 Å². The highest BCUT2D eigenvalue weighted by molar-refractivity contribution is 6.00. The zero-order chi connectivity index (χ0) is 26.7. The lowest BCUT2D eigenvalue weighted by Crippen LogP contribution is -2.47. The predicted octanol–water partition coefficient (Wildman–Crippen LogP) is 1.71. The first-order chi connectivity index (χ1) is 17.2. The van der Waals surface area contributed by atoms with Crippen LogP contribution in [0.25, 0.3) is 0 Å². The number of benzene rings is 2. The number of methoxy groups -OCH3 is 1. The van der Waals surface area contributed by atoms with E-state index in [2.05, 4.69) is 15.4 Å². The molecule has 0 unspecified atom stereocenters. The van der Waals surface area contributed by atoms with Gasteiger partial charge < -0.3 is 30.5 Å². The minimum Gasteiger partial charge on any atom is -0.465 e.